The van der Waals surface area contributed by atoms with Gasteiger partial charge in [-0.25, -0.2) is 0 Å². The van der Waals surface area contributed by atoms with E-state index in [-0.39, 0.29) is 0 Å². The van der Waals surface area contributed by atoms with Crippen molar-refractivity contribution in [3.05, 3.63) is 0 Å². The van der Waals surface area contributed by atoms with Crippen LogP contribution in [0.2, 0.25) is 0 Å². The molecule has 0 aromatic heterocycles. The minimum Gasteiger partial charge on any atom is -0.378 e. The molecule has 0 saturated heterocycles. The van der Waals surface area contributed by atoms with Gasteiger partial charge < -0.3 is 9.47 Å². The maximum absolute atomic E-state index is 6.35. The topological polar surface area (TPSA) is 18.5 Å². The molecule has 2 atom stereocenters. The summed E-state index contributed by atoms with van der Waals surface area (Å²) in [5.74, 6) is 3.33. The van der Waals surface area contributed by atoms with Gasteiger partial charge in [-0.2, -0.15) is 0 Å². The molecule has 0 N–H and O–H groups in total. The normalized spacial score (nSPS) is 26.6. The average Bonchev–Trinajstić information content (AvgIpc) is 2.69. The van der Waals surface area contributed by atoms with Crippen molar-refractivity contribution in [1.29, 1.82) is 0 Å². The molecule has 0 aromatic rings. The van der Waals surface area contributed by atoms with Crippen LogP contribution in [0.3, 0.4) is 0 Å². The van der Waals surface area contributed by atoms with Gasteiger partial charge in [-0.15, -0.1) is 0 Å². The van der Waals surface area contributed by atoms with Crippen LogP contribution in [0, 0.1) is 29.1 Å². The largest absolute Gasteiger partial charge is 0.378 e. The average molecular weight is 409 g/mol. The predicted molar refractivity (Wildman–Crippen MR) is 125 cm³/mol. The van der Waals surface area contributed by atoms with Crippen molar-refractivity contribution in [3.63, 3.8) is 0 Å². The van der Waals surface area contributed by atoms with E-state index in [0.29, 0.717) is 23.5 Å². The van der Waals surface area contributed by atoms with E-state index in [1.807, 2.05) is 0 Å². The third kappa shape index (κ3) is 9.30. The first-order valence-corrected chi connectivity index (χ1v) is 13.0. The zero-order valence-corrected chi connectivity index (χ0v) is 20.7. The molecule has 0 bridgehead atoms. The van der Waals surface area contributed by atoms with Crippen LogP contribution in [0.4, 0.5) is 0 Å². The monoisotopic (exact) mass is 408 g/mol. The molecule has 2 aliphatic carbocycles. The van der Waals surface area contributed by atoms with E-state index in [1.54, 1.807) is 0 Å². The SMILES string of the molecule is CC(C)C(C)OCCC1CCC(CC(C)(C)C(C)OCCC2CCCCC2)CC1. The second kappa shape index (κ2) is 12.7. The number of rotatable bonds is 12. The van der Waals surface area contributed by atoms with E-state index in [9.17, 15) is 0 Å². The lowest BCUT2D eigenvalue weighted by molar-refractivity contribution is -0.0331. The van der Waals surface area contributed by atoms with Crippen molar-refractivity contribution >= 4 is 0 Å². The van der Waals surface area contributed by atoms with Crippen molar-refractivity contribution in [2.75, 3.05) is 13.2 Å². The molecule has 29 heavy (non-hydrogen) atoms. The maximum Gasteiger partial charge on any atom is 0.0597 e. The first-order valence-electron chi connectivity index (χ1n) is 13.0. The zero-order valence-electron chi connectivity index (χ0n) is 20.7. The highest BCUT2D eigenvalue weighted by molar-refractivity contribution is 4.83. The van der Waals surface area contributed by atoms with Crippen LogP contribution in [-0.4, -0.2) is 25.4 Å². The van der Waals surface area contributed by atoms with Gasteiger partial charge in [0.15, 0.2) is 0 Å². The van der Waals surface area contributed by atoms with Crippen LogP contribution in [0.15, 0.2) is 0 Å². The highest BCUT2D eigenvalue weighted by atomic mass is 16.5. The third-order valence-electron chi connectivity index (χ3n) is 8.35. The molecule has 2 aliphatic rings. The Morgan fingerprint density at radius 1 is 0.690 bits per heavy atom. The van der Waals surface area contributed by atoms with E-state index in [2.05, 4.69) is 41.5 Å². The lowest BCUT2D eigenvalue weighted by Gasteiger charge is -2.38. The fourth-order valence-electron chi connectivity index (χ4n) is 5.36. The molecule has 2 nitrogen and oxygen atoms in total. The van der Waals surface area contributed by atoms with Gasteiger partial charge >= 0.3 is 0 Å². The molecule has 2 rings (SSSR count). The van der Waals surface area contributed by atoms with Gasteiger partial charge in [0.25, 0.3) is 0 Å². The van der Waals surface area contributed by atoms with Gasteiger partial charge in [0, 0.05) is 13.2 Å². The van der Waals surface area contributed by atoms with E-state index in [4.69, 9.17) is 9.47 Å². The summed E-state index contributed by atoms with van der Waals surface area (Å²) in [5, 5.41) is 0. The highest BCUT2D eigenvalue weighted by Crippen LogP contribution is 2.40. The third-order valence-corrected chi connectivity index (χ3v) is 8.35. The molecule has 0 spiro atoms. The van der Waals surface area contributed by atoms with Gasteiger partial charge in [-0.1, -0.05) is 85.5 Å². The van der Waals surface area contributed by atoms with Crippen molar-refractivity contribution in [3.8, 4) is 0 Å². The van der Waals surface area contributed by atoms with E-state index in [1.165, 1.54) is 77.0 Å². The van der Waals surface area contributed by atoms with E-state index < -0.39 is 0 Å². The molecule has 172 valence electrons. The highest BCUT2D eigenvalue weighted by Gasteiger charge is 2.32. The van der Waals surface area contributed by atoms with Crippen LogP contribution < -0.4 is 0 Å². The molecule has 2 heteroatoms. The molecule has 0 aliphatic heterocycles. The van der Waals surface area contributed by atoms with E-state index >= 15 is 0 Å². The Labute approximate surface area is 182 Å². The number of hydrogen-bond acceptors (Lipinski definition) is 2. The van der Waals surface area contributed by atoms with Gasteiger partial charge in [0.05, 0.1) is 12.2 Å². The summed E-state index contributed by atoms with van der Waals surface area (Å²) in [6.45, 7) is 15.8. The molecular formula is C27H52O2. The standard InChI is InChI=1S/C27H52O2/c1-21(2)22(3)28-18-16-25-12-14-26(15-13-25)20-27(5,6)23(4)29-19-17-24-10-8-7-9-11-24/h21-26H,7-20H2,1-6H3. The van der Waals surface area contributed by atoms with Crippen molar-refractivity contribution in [2.24, 2.45) is 29.1 Å². The number of ether oxygens (including phenoxy) is 2. The summed E-state index contributed by atoms with van der Waals surface area (Å²) in [6.07, 6.45) is 17.4. The second-order valence-electron chi connectivity index (χ2n) is 11.5. The summed E-state index contributed by atoms with van der Waals surface area (Å²) >= 11 is 0. The summed E-state index contributed by atoms with van der Waals surface area (Å²) < 4.78 is 12.4. The fourth-order valence-corrected chi connectivity index (χ4v) is 5.36. The molecule has 0 heterocycles. The van der Waals surface area contributed by atoms with Crippen molar-refractivity contribution < 1.29 is 9.47 Å². The summed E-state index contributed by atoms with van der Waals surface area (Å²) in [6, 6.07) is 0. The van der Waals surface area contributed by atoms with Crippen molar-refractivity contribution in [1.82, 2.24) is 0 Å². The molecule has 0 radical (unpaired) electrons. The summed E-state index contributed by atoms with van der Waals surface area (Å²) in [5.41, 5.74) is 0.292. The van der Waals surface area contributed by atoms with Gasteiger partial charge in [-0.3, -0.25) is 0 Å². The molecule has 2 saturated carbocycles. The smallest absolute Gasteiger partial charge is 0.0597 e. The Kier molecular flexibility index (Phi) is 11.0. The van der Waals surface area contributed by atoms with Crippen LogP contribution in [0.1, 0.15) is 119 Å². The Morgan fingerprint density at radius 3 is 1.79 bits per heavy atom. The Morgan fingerprint density at radius 2 is 1.21 bits per heavy atom. The fraction of sp³-hybridized carbons (Fsp3) is 1.00. The summed E-state index contributed by atoms with van der Waals surface area (Å²) in [4.78, 5) is 0. The Balaban J connectivity index is 1.60. The van der Waals surface area contributed by atoms with Crippen molar-refractivity contribution in [2.45, 2.75) is 131 Å². The molecule has 2 fully saturated rings. The first kappa shape index (κ1) is 25.2. The summed E-state index contributed by atoms with van der Waals surface area (Å²) in [7, 11) is 0. The second-order valence-corrected chi connectivity index (χ2v) is 11.5. The van der Waals surface area contributed by atoms with Crippen LogP contribution >= 0.6 is 0 Å². The molecule has 0 aromatic carbocycles. The lowest BCUT2D eigenvalue weighted by Crippen LogP contribution is -2.33. The minimum atomic E-state index is 0.292. The first-order chi connectivity index (χ1) is 13.8. The predicted octanol–water partition coefficient (Wildman–Crippen LogP) is 8.04. The van der Waals surface area contributed by atoms with Gasteiger partial charge in [0.1, 0.15) is 0 Å². The quantitative estimate of drug-likeness (QED) is 0.325. The van der Waals surface area contributed by atoms with Gasteiger partial charge in [0.2, 0.25) is 0 Å². The number of hydrogen-bond donors (Lipinski definition) is 0. The van der Waals surface area contributed by atoms with Gasteiger partial charge in [-0.05, 0) is 62.2 Å². The molecule has 2 unspecified atom stereocenters. The maximum atomic E-state index is 6.35. The van der Waals surface area contributed by atoms with Crippen LogP contribution in [-0.2, 0) is 9.47 Å². The zero-order chi connectivity index (χ0) is 21.3. The lowest BCUT2D eigenvalue weighted by atomic mass is 9.71. The molecule has 0 amide bonds. The Hall–Kier alpha value is -0.0800. The van der Waals surface area contributed by atoms with Crippen LogP contribution in [0.5, 0.6) is 0 Å². The van der Waals surface area contributed by atoms with Crippen LogP contribution in [0.25, 0.3) is 0 Å². The minimum absolute atomic E-state index is 0.292. The Bertz CT molecular complexity index is 416. The molecular weight excluding hydrogens is 356 g/mol. The van der Waals surface area contributed by atoms with E-state index in [0.717, 1.165) is 31.0 Å².